The fourth-order valence-corrected chi connectivity index (χ4v) is 2.07. The summed E-state index contributed by atoms with van der Waals surface area (Å²) in [5.74, 6) is 0.468. The standard InChI is InChI=1S/C9H14O3/c1-11-8(10)9(7-2-3-7)4-5-12-6-9/h7H,2-6H2,1H3. The normalized spacial score (nSPS) is 35.1. The fraction of sp³-hybridized carbons (Fsp3) is 0.889. The van der Waals surface area contributed by atoms with Gasteiger partial charge in [-0.3, -0.25) is 4.79 Å². The van der Waals surface area contributed by atoms with Crippen molar-refractivity contribution in [2.75, 3.05) is 20.3 Å². The zero-order chi connectivity index (χ0) is 8.60. The van der Waals surface area contributed by atoms with Gasteiger partial charge in [0.25, 0.3) is 0 Å². The van der Waals surface area contributed by atoms with Gasteiger partial charge >= 0.3 is 5.97 Å². The van der Waals surface area contributed by atoms with Crippen LogP contribution in [0.5, 0.6) is 0 Å². The molecule has 0 spiro atoms. The van der Waals surface area contributed by atoms with Gasteiger partial charge in [0.1, 0.15) is 0 Å². The maximum atomic E-state index is 11.5. The van der Waals surface area contributed by atoms with Gasteiger partial charge in [0.05, 0.1) is 19.1 Å². The lowest BCUT2D eigenvalue weighted by Gasteiger charge is -2.23. The van der Waals surface area contributed by atoms with Gasteiger partial charge in [0.15, 0.2) is 0 Å². The van der Waals surface area contributed by atoms with Crippen LogP contribution >= 0.6 is 0 Å². The number of carbonyl (C=O) groups excluding carboxylic acids is 1. The van der Waals surface area contributed by atoms with E-state index in [0.717, 1.165) is 6.42 Å². The molecular formula is C9H14O3. The highest BCUT2D eigenvalue weighted by molar-refractivity contribution is 5.78. The van der Waals surface area contributed by atoms with Crippen molar-refractivity contribution in [1.29, 1.82) is 0 Å². The second-order valence-corrected chi connectivity index (χ2v) is 3.72. The van der Waals surface area contributed by atoms with Crippen LogP contribution in [0.25, 0.3) is 0 Å². The maximum Gasteiger partial charge on any atom is 0.314 e. The average Bonchev–Trinajstić information content (AvgIpc) is 2.84. The molecule has 2 fully saturated rings. The van der Waals surface area contributed by atoms with Crippen LogP contribution in [0.15, 0.2) is 0 Å². The number of hydrogen-bond acceptors (Lipinski definition) is 3. The van der Waals surface area contributed by atoms with Crippen LogP contribution in [-0.2, 0) is 14.3 Å². The molecule has 2 aliphatic rings. The zero-order valence-electron chi connectivity index (χ0n) is 7.34. The quantitative estimate of drug-likeness (QED) is 0.579. The van der Waals surface area contributed by atoms with E-state index in [-0.39, 0.29) is 11.4 Å². The monoisotopic (exact) mass is 170 g/mol. The van der Waals surface area contributed by atoms with Gasteiger partial charge in [-0.15, -0.1) is 0 Å². The third kappa shape index (κ3) is 1.04. The van der Waals surface area contributed by atoms with Crippen molar-refractivity contribution in [3.63, 3.8) is 0 Å². The van der Waals surface area contributed by atoms with E-state index in [1.165, 1.54) is 20.0 Å². The largest absolute Gasteiger partial charge is 0.469 e. The highest BCUT2D eigenvalue weighted by Gasteiger charge is 2.53. The summed E-state index contributed by atoms with van der Waals surface area (Å²) in [6.45, 7) is 1.29. The van der Waals surface area contributed by atoms with Crippen molar-refractivity contribution in [1.82, 2.24) is 0 Å². The van der Waals surface area contributed by atoms with Crippen LogP contribution in [0, 0.1) is 11.3 Å². The molecule has 1 heterocycles. The van der Waals surface area contributed by atoms with Crippen LogP contribution < -0.4 is 0 Å². The first-order valence-corrected chi connectivity index (χ1v) is 4.46. The first-order chi connectivity index (χ1) is 5.79. The van der Waals surface area contributed by atoms with E-state index < -0.39 is 0 Å². The van der Waals surface area contributed by atoms with E-state index in [1.54, 1.807) is 0 Å². The Morgan fingerprint density at radius 3 is 2.75 bits per heavy atom. The summed E-state index contributed by atoms with van der Waals surface area (Å²) in [6, 6.07) is 0. The van der Waals surface area contributed by atoms with E-state index in [2.05, 4.69) is 0 Å². The Kier molecular flexibility index (Phi) is 1.83. The number of carbonyl (C=O) groups is 1. The Labute approximate surface area is 72.0 Å². The molecule has 1 saturated heterocycles. The Balaban J connectivity index is 2.14. The molecule has 1 unspecified atom stereocenters. The molecule has 1 aliphatic heterocycles. The lowest BCUT2D eigenvalue weighted by atomic mass is 9.82. The van der Waals surface area contributed by atoms with Crippen molar-refractivity contribution in [2.24, 2.45) is 11.3 Å². The van der Waals surface area contributed by atoms with Gasteiger partial charge in [-0.05, 0) is 25.2 Å². The second kappa shape index (κ2) is 2.73. The SMILES string of the molecule is COC(=O)C1(C2CC2)CCOC1. The Morgan fingerprint density at radius 2 is 2.33 bits per heavy atom. The van der Waals surface area contributed by atoms with E-state index in [9.17, 15) is 4.79 Å². The number of esters is 1. The van der Waals surface area contributed by atoms with Gasteiger partial charge in [0.2, 0.25) is 0 Å². The van der Waals surface area contributed by atoms with E-state index in [4.69, 9.17) is 9.47 Å². The minimum absolute atomic E-state index is 0.0671. The molecule has 0 aromatic carbocycles. The summed E-state index contributed by atoms with van der Waals surface area (Å²) >= 11 is 0. The smallest absolute Gasteiger partial charge is 0.314 e. The van der Waals surface area contributed by atoms with Crippen LogP contribution in [0.4, 0.5) is 0 Å². The van der Waals surface area contributed by atoms with Crippen molar-refractivity contribution in [3.8, 4) is 0 Å². The molecule has 3 nitrogen and oxygen atoms in total. The maximum absolute atomic E-state index is 11.5. The summed E-state index contributed by atoms with van der Waals surface area (Å²) < 4.78 is 10.1. The van der Waals surface area contributed by atoms with Crippen LogP contribution in [0.2, 0.25) is 0 Å². The Bertz CT molecular complexity index is 190. The molecule has 1 saturated carbocycles. The number of ether oxygens (including phenoxy) is 2. The number of methoxy groups -OCH3 is 1. The van der Waals surface area contributed by atoms with Crippen LogP contribution in [0.1, 0.15) is 19.3 Å². The van der Waals surface area contributed by atoms with E-state index in [0.29, 0.717) is 19.1 Å². The topological polar surface area (TPSA) is 35.5 Å². The molecule has 68 valence electrons. The predicted octanol–water partition coefficient (Wildman–Crippen LogP) is 0.976. The van der Waals surface area contributed by atoms with Crippen LogP contribution in [-0.4, -0.2) is 26.3 Å². The van der Waals surface area contributed by atoms with Crippen molar-refractivity contribution in [2.45, 2.75) is 19.3 Å². The average molecular weight is 170 g/mol. The molecule has 1 aliphatic carbocycles. The first kappa shape index (κ1) is 8.05. The predicted molar refractivity (Wildman–Crippen MR) is 42.6 cm³/mol. The fourth-order valence-electron chi connectivity index (χ4n) is 2.07. The Hall–Kier alpha value is -0.570. The summed E-state index contributed by atoms with van der Waals surface area (Å²) in [5, 5.41) is 0. The first-order valence-electron chi connectivity index (χ1n) is 4.46. The van der Waals surface area contributed by atoms with Gasteiger partial charge in [-0.25, -0.2) is 0 Å². The Morgan fingerprint density at radius 1 is 1.58 bits per heavy atom. The zero-order valence-corrected chi connectivity index (χ0v) is 7.34. The summed E-state index contributed by atoms with van der Waals surface area (Å²) in [5.41, 5.74) is -0.269. The summed E-state index contributed by atoms with van der Waals surface area (Å²) in [4.78, 5) is 11.5. The van der Waals surface area contributed by atoms with Gasteiger partial charge in [-0.2, -0.15) is 0 Å². The highest BCUT2D eigenvalue weighted by atomic mass is 16.5. The molecule has 12 heavy (non-hydrogen) atoms. The van der Waals surface area contributed by atoms with E-state index in [1.807, 2.05) is 0 Å². The van der Waals surface area contributed by atoms with Gasteiger partial charge in [-0.1, -0.05) is 0 Å². The summed E-state index contributed by atoms with van der Waals surface area (Å²) in [7, 11) is 1.46. The minimum atomic E-state index is -0.269. The molecule has 2 rings (SSSR count). The number of rotatable bonds is 2. The lowest BCUT2D eigenvalue weighted by molar-refractivity contribution is -0.154. The molecule has 0 amide bonds. The third-order valence-electron chi connectivity index (χ3n) is 3.00. The van der Waals surface area contributed by atoms with Gasteiger partial charge < -0.3 is 9.47 Å². The number of hydrogen-bond donors (Lipinski definition) is 0. The second-order valence-electron chi connectivity index (χ2n) is 3.72. The third-order valence-corrected chi connectivity index (χ3v) is 3.00. The molecular weight excluding hydrogens is 156 g/mol. The summed E-state index contributed by atoms with van der Waals surface area (Å²) in [6.07, 6.45) is 3.18. The van der Waals surface area contributed by atoms with Crippen molar-refractivity contribution >= 4 is 5.97 Å². The molecule has 0 aromatic heterocycles. The molecule has 3 heteroatoms. The highest BCUT2D eigenvalue weighted by Crippen LogP contribution is 2.50. The molecule has 0 N–H and O–H groups in total. The van der Waals surface area contributed by atoms with Crippen LogP contribution in [0.3, 0.4) is 0 Å². The lowest BCUT2D eigenvalue weighted by Crippen LogP contribution is -2.34. The molecule has 0 bridgehead atoms. The molecule has 1 atom stereocenters. The minimum Gasteiger partial charge on any atom is -0.469 e. The molecule has 0 aromatic rings. The van der Waals surface area contributed by atoms with E-state index >= 15 is 0 Å². The van der Waals surface area contributed by atoms with Gasteiger partial charge in [0, 0.05) is 6.61 Å². The van der Waals surface area contributed by atoms with Crippen molar-refractivity contribution < 1.29 is 14.3 Å². The molecule has 0 radical (unpaired) electrons. The van der Waals surface area contributed by atoms with Crippen molar-refractivity contribution in [3.05, 3.63) is 0 Å².